The third-order valence-corrected chi connectivity index (χ3v) is 10.8. The zero-order chi connectivity index (χ0) is 29.0. The highest BCUT2D eigenvalue weighted by molar-refractivity contribution is 8.77. The summed E-state index contributed by atoms with van der Waals surface area (Å²) in [7, 11) is 3.91. The summed E-state index contributed by atoms with van der Waals surface area (Å²) in [4.78, 5) is 25.7. The Morgan fingerprint density at radius 2 is 1.76 bits per heavy atom. The number of ether oxygens (including phenoxy) is 3. The normalized spacial score (nSPS) is 17.2. The summed E-state index contributed by atoms with van der Waals surface area (Å²) in [6.45, 7) is 2.70. The van der Waals surface area contributed by atoms with Gasteiger partial charge in [-0.25, -0.2) is 4.39 Å². The van der Waals surface area contributed by atoms with Gasteiger partial charge in [-0.05, 0) is 96.2 Å². The molecule has 0 aromatic heterocycles. The lowest BCUT2D eigenvalue weighted by atomic mass is 10.0. The van der Waals surface area contributed by atoms with Gasteiger partial charge in [-0.15, -0.1) is 11.8 Å². The van der Waals surface area contributed by atoms with Crippen molar-refractivity contribution in [2.75, 3.05) is 38.4 Å². The summed E-state index contributed by atoms with van der Waals surface area (Å²) < 4.78 is 30.2. The van der Waals surface area contributed by atoms with Crippen LogP contribution in [0.1, 0.15) is 62.1 Å². The van der Waals surface area contributed by atoms with Crippen LogP contribution in [0.3, 0.4) is 0 Å². The van der Waals surface area contributed by atoms with Crippen molar-refractivity contribution < 1.29 is 28.2 Å². The van der Waals surface area contributed by atoms with Crippen LogP contribution in [0, 0.1) is 5.82 Å². The Labute approximate surface area is 254 Å². The van der Waals surface area contributed by atoms with E-state index in [-0.39, 0.29) is 44.6 Å². The van der Waals surface area contributed by atoms with E-state index in [4.69, 9.17) is 14.2 Å². The number of rotatable bonds is 15. The number of hydrogen-bond acceptors (Lipinski definition) is 8. The third kappa shape index (κ3) is 9.66. The molecule has 1 unspecified atom stereocenters. The fourth-order valence-electron chi connectivity index (χ4n) is 4.85. The number of carbonyl (C=O) groups excluding carboxylic acids is 2. The second kappa shape index (κ2) is 16.4. The van der Waals surface area contributed by atoms with Gasteiger partial charge < -0.3 is 14.2 Å². The van der Waals surface area contributed by atoms with Crippen LogP contribution < -0.4 is 0 Å². The number of halogens is 1. The first-order chi connectivity index (χ1) is 19.9. The Morgan fingerprint density at radius 1 is 1.00 bits per heavy atom. The molecule has 41 heavy (non-hydrogen) atoms. The summed E-state index contributed by atoms with van der Waals surface area (Å²) >= 11 is 1.68. The minimum Gasteiger partial charge on any atom is -0.463 e. The zero-order valence-electron chi connectivity index (χ0n) is 23.6. The van der Waals surface area contributed by atoms with Crippen LogP contribution >= 0.6 is 33.3 Å². The van der Waals surface area contributed by atoms with E-state index < -0.39 is 5.97 Å². The molecule has 0 amide bonds. The van der Waals surface area contributed by atoms with Crippen molar-refractivity contribution in [3.8, 4) is 0 Å². The average Bonchev–Trinajstić information content (AvgIpc) is 3.58. The molecule has 1 heterocycles. The molecule has 0 spiro atoms. The maximum absolute atomic E-state index is 14.2. The van der Waals surface area contributed by atoms with Gasteiger partial charge in [0.1, 0.15) is 19.0 Å². The lowest BCUT2D eigenvalue weighted by Gasteiger charge is -2.09. The molecular weight excluding hydrogens is 580 g/mol. The molecule has 2 aliphatic rings. The first-order valence-corrected chi connectivity index (χ1v) is 17.6. The van der Waals surface area contributed by atoms with Crippen molar-refractivity contribution in [1.82, 2.24) is 0 Å². The smallest absolute Gasteiger partial charge is 0.310 e. The van der Waals surface area contributed by atoms with E-state index in [9.17, 15) is 14.0 Å². The second-order valence-electron chi connectivity index (χ2n) is 9.93. The van der Waals surface area contributed by atoms with Gasteiger partial charge in [0.15, 0.2) is 0 Å². The predicted octanol–water partition coefficient (Wildman–Crippen LogP) is 8.08. The Balaban J connectivity index is 1.18. The predicted molar refractivity (Wildman–Crippen MR) is 169 cm³/mol. The Morgan fingerprint density at radius 3 is 2.46 bits per heavy atom. The van der Waals surface area contributed by atoms with E-state index in [0.717, 1.165) is 57.9 Å². The summed E-state index contributed by atoms with van der Waals surface area (Å²) in [5, 5.41) is 0.735. The highest BCUT2D eigenvalue weighted by Crippen LogP contribution is 2.44. The van der Waals surface area contributed by atoms with Gasteiger partial charge in [0.2, 0.25) is 0 Å². The van der Waals surface area contributed by atoms with Crippen LogP contribution in [0.2, 0.25) is 0 Å². The average molecular weight is 617 g/mol. The van der Waals surface area contributed by atoms with Gasteiger partial charge in [0, 0.05) is 22.3 Å². The molecule has 2 aromatic carbocycles. The van der Waals surface area contributed by atoms with E-state index in [1.54, 1.807) is 17.8 Å². The second-order valence-corrected chi connectivity index (χ2v) is 13.6. The summed E-state index contributed by atoms with van der Waals surface area (Å²) in [5.74, 6) is 0.293. The highest BCUT2D eigenvalue weighted by Gasteiger charge is 2.26. The fourth-order valence-corrected chi connectivity index (χ4v) is 8.29. The van der Waals surface area contributed by atoms with Crippen LogP contribution in [-0.2, 0) is 23.8 Å². The van der Waals surface area contributed by atoms with Gasteiger partial charge in [-0.2, -0.15) is 0 Å². The molecule has 1 fully saturated rings. The van der Waals surface area contributed by atoms with Crippen molar-refractivity contribution in [3.05, 3.63) is 70.5 Å². The first kappa shape index (κ1) is 31.7. The molecule has 1 saturated heterocycles. The summed E-state index contributed by atoms with van der Waals surface area (Å²) in [6.07, 6.45) is 8.93. The van der Waals surface area contributed by atoms with Crippen LogP contribution in [0.25, 0.3) is 17.2 Å². The minimum absolute atomic E-state index is 0.0426. The SMILES string of the molecule is CSc1ccc(C=C2C(C)=C(CC(=O)OCCOCCOC(=O)CCCCC3CCSS3)c3cc(F)ccc32)cc1. The van der Waals surface area contributed by atoms with Crippen LogP contribution in [0.15, 0.2) is 52.9 Å². The molecule has 0 radical (unpaired) electrons. The Bertz CT molecular complexity index is 1250. The number of benzene rings is 2. The quantitative estimate of drug-likeness (QED) is 0.0862. The Kier molecular flexibility index (Phi) is 12.7. The maximum Gasteiger partial charge on any atom is 0.310 e. The van der Waals surface area contributed by atoms with Crippen molar-refractivity contribution in [3.63, 3.8) is 0 Å². The lowest BCUT2D eigenvalue weighted by molar-refractivity contribution is -0.146. The summed E-state index contributed by atoms with van der Waals surface area (Å²) in [5.41, 5.74) is 5.35. The number of fused-ring (bicyclic) bond motifs is 1. The number of allylic oxidation sites excluding steroid dienone is 2. The van der Waals surface area contributed by atoms with Crippen LogP contribution in [0.5, 0.6) is 0 Å². The Hall–Kier alpha value is -2.20. The van der Waals surface area contributed by atoms with Crippen molar-refractivity contribution in [2.24, 2.45) is 0 Å². The first-order valence-electron chi connectivity index (χ1n) is 14.0. The molecule has 1 aliphatic carbocycles. The van der Waals surface area contributed by atoms with E-state index in [0.29, 0.717) is 6.42 Å². The molecule has 1 aliphatic heterocycles. The summed E-state index contributed by atoms with van der Waals surface area (Å²) in [6, 6.07) is 12.9. The third-order valence-electron chi connectivity index (χ3n) is 7.07. The van der Waals surface area contributed by atoms with Crippen LogP contribution in [0.4, 0.5) is 4.39 Å². The van der Waals surface area contributed by atoms with Crippen molar-refractivity contribution >= 4 is 62.5 Å². The standard InChI is InChI=1S/C32H37FO5S3/c1-22-28(19-23-7-10-25(39-2)11-8-23)27-12-9-24(33)20-30(27)29(22)21-32(35)38-17-15-36-14-16-37-31(34)6-4-3-5-26-13-18-40-41-26/h7-12,19-20,26H,3-6,13-18,21H2,1-2H3. The number of hydrogen-bond donors (Lipinski definition) is 0. The molecule has 4 rings (SSSR count). The molecule has 1 atom stereocenters. The molecule has 0 N–H and O–H groups in total. The van der Waals surface area contributed by atoms with Gasteiger partial charge in [-0.3, -0.25) is 9.59 Å². The zero-order valence-corrected chi connectivity index (χ0v) is 26.1. The van der Waals surface area contributed by atoms with Crippen LogP contribution in [-0.4, -0.2) is 55.6 Å². The van der Waals surface area contributed by atoms with E-state index in [1.807, 2.05) is 34.8 Å². The van der Waals surface area contributed by atoms with Gasteiger partial charge in [0.25, 0.3) is 0 Å². The van der Waals surface area contributed by atoms with E-state index >= 15 is 0 Å². The van der Waals surface area contributed by atoms with E-state index in [1.165, 1.54) is 29.2 Å². The fraction of sp³-hybridized carbons (Fsp3) is 0.438. The molecule has 0 saturated carbocycles. The number of thioether (sulfide) groups is 1. The maximum atomic E-state index is 14.2. The molecule has 9 heteroatoms. The van der Waals surface area contributed by atoms with Gasteiger partial charge in [-0.1, -0.05) is 46.2 Å². The lowest BCUT2D eigenvalue weighted by Crippen LogP contribution is -2.14. The van der Waals surface area contributed by atoms with Crippen molar-refractivity contribution in [1.29, 1.82) is 0 Å². The van der Waals surface area contributed by atoms with Gasteiger partial charge >= 0.3 is 11.9 Å². The number of carbonyl (C=O) groups is 2. The largest absolute Gasteiger partial charge is 0.463 e. The highest BCUT2D eigenvalue weighted by atomic mass is 33.1. The number of esters is 2. The monoisotopic (exact) mass is 616 g/mol. The minimum atomic E-state index is -0.398. The van der Waals surface area contributed by atoms with Crippen molar-refractivity contribution in [2.45, 2.75) is 55.6 Å². The topological polar surface area (TPSA) is 61.8 Å². The van der Waals surface area contributed by atoms with Gasteiger partial charge in [0.05, 0.1) is 19.6 Å². The molecule has 220 valence electrons. The van der Waals surface area contributed by atoms with E-state index in [2.05, 4.69) is 30.3 Å². The molecular formula is C32H37FO5S3. The molecule has 0 bridgehead atoms. The number of unbranched alkanes of at least 4 members (excludes halogenated alkanes) is 1. The molecule has 2 aromatic rings. The molecule has 5 nitrogen and oxygen atoms in total.